The number of alkyl halides is 3. The Bertz CT molecular complexity index is 350. The summed E-state index contributed by atoms with van der Waals surface area (Å²) in [6.07, 6.45) is -3.86. The summed E-state index contributed by atoms with van der Waals surface area (Å²) in [5.41, 5.74) is 6.29. The first-order valence-corrected chi connectivity index (χ1v) is 5.49. The fraction of sp³-hybridized carbons (Fsp3) is 0.500. The van der Waals surface area contributed by atoms with Gasteiger partial charge in [0.15, 0.2) is 0 Å². The van der Waals surface area contributed by atoms with E-state index in [2.05, 4.69) is 4.74 Å². The SMILES string of the molecule is NCC(COCC(F)(F)F)Cc1ccc(F)cc1. The van der Waals surface area contributed by atoms with Crippen molar-refractivity contribution in [2.45, 2.75) is 12.6 Å². The van der Waals surface area contributed by atoms with Gasteiger partial charge in [-0.25, -0.2) is 4.39 Å². The average molecular weight is 265 g/mol. The number of ether oxygens (including phenoxy) is 1. The van der Waals surface area contributed by atoms with Gasteiger partial charge in [0, 0.05) is 0 Å². The molecule has 18 heavy (non-hydrogen) atoms. The first-order valence-electron chi connectivity index (χ1n) is 5.49. The van der Waals surface area contributed by atoms with Gasteiger partial charge in [-0.15, -0.1) is 0 Å². The number of hydrogen-bond donors (Lipinski definition) is 1. The van der Waals surface area contributed by atoms with Crippen LogP contribution in [0.4, 0.5) is 17.6 Å². The van der Waals surface area contributed by atoms with Crippen LogP contribution in [0.5, 0.6) is 0 Å². The molecule has 0 aliphatic rings. The zero-order valence-electron chi connectivity index (χ0n) is 9.71. The van der Waals surface area contributed by atoms with Crippen LogP contribution in [0.25, 0.3) is 0 Å². The third-order valence-corrected chi connectivity index (χ3v) is 2.39. The summed E-state index contributed by atoms with van der Waals surface area (Å²) in [5.74, 6) is -0.561. The molecule has 0 fully saturated rings. The number of hydrogen-bond acceptors (Lipinski definition) is 2. The fourth-order valence-electron chi connectivity index (χ4n) is 1.51. The van der Waals surface area contributed by atoms with Gasteiger partial charge < -0.3 is 10.5 Å². The lowest BCUT2D eigenvalue weighted by atomic mass is 10.0. The Balaban J connectivity index is 2.40. The maximum absolute atomic E-state index is 12.7. The van der Waals surface area contributed by atoms with Crippen LogP contribution < -0.4 is 5.73 Å². The number of benzene rings is 1. The van der Waals surface area contributed by atoms with E-state index in [9.17, 15) is 17.6 Å². The van der Waals surface area contributed by atoms with Gasteiger partial charge in [-0.2, -0.15) is 13.2 Å². The molecule has 102 valence electrons. The van der Waals surface area contributed by atoms with E-state index in [1.165, 1.54) is 12.1 Å². The summed E-state index contributed by atoms with van der Waals surface area (Å²) in [6.45, 7) is -1.12. The highest BCUT2D eigenvalue weighted by Gasteiger charge is 2.27. The predicted octanol–water partition coefficient (Wildman–Crippen LogP) is 2.52. The van der Waals surface area contributed by atoms with Crippen LogP contribution >= 0.6 is 0 Å². The molecule has 6 heteroatoms. The highest BCUT2D eigenvalue weighted by molar-refractivity contribution is 5.16. The van der Waals surface area contributed by atoms with Crippen molar-refractivity contribution in [2.75, 3.05) is 19.8 Å². The van der Waals surface area contributed by atoms with Gasteiger partial charge in [0.2, 0.25) is 0 Å². The Hall–Kier alpha value is -1.14. The lowest BCUT2D eigenvalue weighted by Gasteiger charge is -2.16. The van der Waals surface area contributed by atoms with Crippen molar-refractivity contribution in [1.29, 1.82) is 0 Å². The molecule has 0 aromatic heterocycles. The smallest absolute Gasteiger partial charge is 0.372 e. The minimum Gasteiger partial charge on any atom is -0.372 e. The van der Waals surface area contributed by atoms with E-state index in [0.29, 0.717) is 6.42 Å². The Morgan fingerprint density at radius 2 is 1.78 bits per heavy atom. The Kier molecular flexibility index (Phi) is 5.55. The third kappa shape index (κ3) is 5.97. The highest BCUT2D eigenvalue weighted by Crippen LogP contribution is 2.16. The molecule has 1 aromatic carbocycles. The second-order valence-electron chi connectivity index (χ2n) is 4.06. The minimum atomic E-state index is -4.32. The summed E-state index contributed by atoms with van der Waals surface area (Å²) < 4.78 is 52.9. The normalized spacial score (nSPS) is 13.6. The molecule has 1 unspecified atom stereocenters. The summed E-state index contributed by atoms with van der Waals surface area (Å²) in [4.78, 5) is 0. The van der Waals surface area contributed by atoms with Gasteiger partial charge in [-0.1, -0.05) is 12.1 Å². The van der Waals surface area contributed by atoms with Crippen LogP contribution in [0.3, 0.4) is 0 Å². The van der Waals surface area contributed by atoms with Gasteiger partial charge in [0.25, 0.3) is 0 Å². The molecule has 0 amide bonds. The number of nitrogens with two attached hydrogens (primary N) is 1. The number of rotatable bonds is 6. The Morgan fingerprint density at radius 3 is 2.28 bits per heavy atom. The van der Waals surface area contributed by atoms with E-state index in [1.807, 2.05) is 0 Å². The van der Waals surface area contributed by atoms with E-state index in [1.54, 1.807) is 12.1 Å². The Morgan fingerprint density at radius 1 is 1.17 bits per heavy atom. The molecule has 0 spiro atoms. The quantitative estimate of drug-likeness (QED) is 0.802. The van der Waals surface area contributed by atoms with E-state index < -0.39 is 12.8 Å². The van der Waals surface area contributed by atoms with Crippen molar-refractivity contribution in [1.82, 2.24) is 0 Å². The highest BCUT2D eigenvalue weighted by atomic mass is 19.4. The monoisotopic (exact) mass is 265 g/mol. The topological polar surface area (TPSA) is 35.2 Å². The molecule has 0 saturated carbocycles. The van der Waals surface area contributed by atoms with Gasteiger partial charge in [0.05, 0.1) is 6.61 Å². The lowest BCUT2D eigenvalue weighted by molar-refractivity contribution is -0.176. The predicted molar refractivity (Wildman–Crippen MR) is 59.5 cm³/mol. The van der Waals surface area contributed by atoms with Crippen LogP contribution in [0.1, 0.15) is 5.56 Å². The molecule has 0 saturated heterocycles. The van der Waals surface area contributed by atoms with Crippen molar-refractivity contribution in [3.8, 4) is 0 Å². The molecule has 2 N–H and O–H groups in total. The van der Waals surface area contributed by atoms with E-state index >= 15 is 0 Å². The molecule has 1 aromatic rings. The zero-order chi connectivity index (χ0) is 13.6. The molecule has 1 rings (SSSR count). The summed E-state index contributed by atoms with van der Waals surface area (Å²) >= 11 is 0. The van der Waals surface area contributed by atoms with Gasteiger partial charge in [0.1, 0.15) is 12.4 Å². The largest absolute Gasteiger partial charge is 0.411 e. The number of halogens is 4. The first kappa shape index (κ1) is 14.9. The second-order valence-corrected chi connectivity index (χ2v) is 4.06. The van der Waals surface area contributed by atoms with Crippen LogP contribution in [-0.2, 0) is 11.2 Å². The van der Waals surface area contributed by atoms with Crippen molar-refractivity contribution >= 4 is 0 Å². The van der Waals surface area contributed by atoms with Gasteiger partial charge in [-0.05, 0) is 36.6 Å². The maximum Gasteiger partial charge on any atom is 0.411 e. The standard InChI is InChI=1S/C12H15F4NO/c13-11-3-1-9(2-4-11)5-10(6-17)7-18-8-12(14,15)16/h1-4,10H,5-8,17H2. The second kappa shape index (κ2) is 6.70. The van der Waals surface area contributed by atoms with Crippen LogP contribution in [0.2, 0.25) is 0 Å². The van der Waals surface area contributed by atoms with Gasteiger partial charge >= 0.3 is 6.18 Å². The fourth-order valence-corrected chi connectivity index (χ4v) is 1.51. The van der Waals surface area contributed by atoms with E-state index in [4.69, 9.17) is 5.73 Å². The lowest BCUT2D eigenvalue weighted by Crippen LogP contribution is -2.25. The van der Waals surface area contributed by atoms with E-state index in [0.717, 1.165) is 5.56 Å². The first-order chi connectivity index (χ1) is 8.40. The molecule has 2 nitrogen and oxygen atoms in total. The molecule has 0 aliphatic carbocycles. The van der Waals surface area contributed by atoms with Crippen molar-refractivity contribution in [3.05, 3.63) is 35.6 Å². The summed E-state index contributed by atoms with van der Waals surface area (Å²) in [6, 6.07) is 5.78. The molecule has 0 heterocycles. The van der Waals surface area contributed by atoms with E-state index in [-0.39, 0.29) is 24.9 Å². The molecular formula is C12H15F4NO. The van der Waals surface area contributed by atoms with Crippen LogP contribution in [0.15, 0.2) is 24.3 Å². The van der Waals surface area contributed by atoms with Crippen molar-refractivity contribution in [2.24, 2.45) is 11.7 Å². The molecule has 1 atom stereocenters. The van der Waals surface area contributed by atoms with Crippen molar-refractivity contribution < 1.29 is 22.3 Å². The molecule has 0 radical (unpaired) electrons. The Labute approximate surface area is 103 Å². The molecular weight excluding hydrogens is 250 g/mol. The maximum atomic E-state index is 12.7. The third-order valence-electron chi connectivity index (χ3n) is 2.39. The summed E-state index contributed by atoms with van der Waals surface area (Å²) in [5, 5.41) is 0. The molecule has 0 bridgehead atoms. The van der Waals surface area contributed by atoms with Crippen LogP contribution in [-0.4, -0.2) is 25.9 Å². The summed E-state index contributed by atoms with van der Waals surface area (Å²) in [7, 11) is 0. The van der Waals surface area contributed by atoms with Crippen molar-refractivity contribution in [3.63, 3.8) is 0 Å². The van der Waals surface area contributed by atoms with Crippen LogP contribution in [0, 0.1) is 11.7 Å². The average Bonchev–Trinajstić information content (AvgIpc) is 2.29. The molecule has 0 aliphatic heterocycles. The van der Waals surface area contributed by atoms with Gasteiger partial charge in [-0.3, -0.25) is 0 Å². The minimum absolute atomic E-state index is 0.0621. The zero-order valence-corrected chi connectivity index (χ0v) is 9.71.